The maximum atomic E-state index is 14.7. The Morgan fingerprint density at radius 2 is 1.93 bits per heavy atom. The first-order valence-electron chi connectivity index (χ1n) is 8.53. The van der Waals surface area contributed by atoms with Gasteiger partial charge in [-0.3, -0.25) is 9.59 Å². The second-order valence-corrected chi connectivity index (χ2v) is 7.22. The van der Waals surface area contributed by atoms with Gasteiger partial charge in [-0.05, 0) is 30.7 Å². The van der Waals surface area contributed by atoms with Crippen molar-refractivity contribution in [3.05, 3.63) is 54.3 Å². The molecule has 0 unspecified atom stereocenters. The van der Waals surface area contributed by atoms with Crippen LogP contribution in [0.25, 0.3) is 11.4 Å². The van der Waals surface area contributed by atoms with Crippen LogP contribution in [0.15, 0.2) is 59.4 Å². The number of allylic oxidation sites excluding steroid dienone is 4. The number of aromatic nitrogens is 3. The Kier molecular flexibility index (Phi) is 5.73. The van der Waals surface area contributed by atoms with E-state index in [4.69, 9.17) is 0 Å². The first-order chi connectivity index (χ1) is 13.3. The molecule has 0 fully saturated rings. The van der Waals surface area contributed by atoms with E-state index in [-0.39, 0.29) is 22.7 Å². The standard InChI is InChI=1S/C19H18F2N4O2S/c1-13(26)25-16(14-9-5-3-6-10-14)22-23-18(25)28-19(20,21)17(27)24(2)15-11-7-4-8-12-15/h3-7,9-11H,8,12H2,1-2H3. The molecule has 1 heterocycles. The molecule has 1 aromatic carbocycles. The van der Waals surface area contributed by atoms with Crippen molar-refractivity contribution in [3.8, 4) is 11.4 Å². The number of carbonyl (C=O) groups is 2. The fourth-order valence-electron chi connectivity index (χ4n) is 2.75. The van der Waals surface area contributed by atoms with E-state index < -0.39 is 17.1 Å². The second-order valence-electron chi connectivity index (χ2n) is 6.13. The van der Waals surface area contributed by atoms with Crippen molar-refractivity contribution in [2.45, 2.75) is 30.2 Å². The van der Waals surface area contributed by atoms with Crippen LogP contribution in [0.2, 0.25) is 0 Å². The van der Waals surface area contributed by atoms with Gasteiger partial charge < -0.3 is 4.90 Å². The SMILES string of the molecule is CC(=O)n1c(SC(F)(F)C(=O)N(C)C2=CC=CCC2)nnc1-c1ccccc1. The summed E-state index contributed by atoms with van der Waals surface area (Å²) in [6.07, 6.45) is 6.44. The topological polar surface area (TPSA) is 68.1 Å². The van der Waals surface area contributed by atoms with Gasteiger partial charge in [-0.15, -0.1) is 10.2 Å². The molecule has 0 aliphatic heterocycles. The Morgan fingerprint density at radius 3 is 2.54 bits per heavy atom. The maximum Gasteiger partial charge on any atom is 0.378 e. The molecule has 28 heavy (non-hydrogen) atoms. The summed E-state index contributed by atoms with van der Waals surface area (Å²) in [5.74, 6) is -1.76. The zero-order valence-electron chi connectivity index (χ0n) is 15.3. The highest BCUT2D eigenvalue weighted by Crippen LogP contribution is 2.38. The third-order valence-corrected chi connectivity index (χ3v) is 5.05. The van der Waals surface area contributed by atoms with Crippen LogP contribution < -0.4 is 0 Å². The van der Waals surface area contributed by atoms with Crippen molar-refractivity contribution in [2.24, 2.45) is 0 Å². The molecule has 9 heteroatoms. The lowest BCUT2D eigenvalue weighted by Crippen LogP contribution is -2.39. The Morgan fingerprint density at radius 1 is 1.21 bits per heavy atom. The lowest BCUT2D eigenvalue weighted by atomic mass is 10.1. The molecular weight excluding hydrogens is 386 g/mol. The molecule has 0 saturated heterocycles. The van der Waals surface area contributed by atoms with Crippen LogP contribution in [0.3, 0.4) is 0 Å². The lowest BCUT2D eigenvalue weighted by molar-refractivity contribution is -0.143. The summed E-state index contributed by atoms with van der Waals surface area (Å²) in [6.45, 7) is 1.23. The number of carbonyl (C=O) groups excluding carboxylic acids is 2. The minimum Gasteiger partial charge on any atom is -0.313 e. The highest BCUT2D eigenvalue weighted by Gasteiger charge is 2.45. The normalized spacial score (nSPS) is 13.9. The molecule has 1 aliphatic carbocycles. The van der Waals surface area contributed by atoms with E-state index in [0.29, 0.717) is 24.1 Å². The van der Waals surface area contributed by atoms with Gasteiger partial charge in [0.1, 0.15) is 0 Å². The molecule has 0 saturated carbocycles. The highest BCUT2D eigenvalue weighted by molar-refractivity contribution is 8.00. The average molecular weight is 404 g/mol. The molecule has 0 atom stereocenters. The quantitative estimate of drug-likeness (QED) is 0.705. The molecule has 146 valence electrons. The van der Waals surface area contributed by atoms with Crippen LogP contribution in [0.1, 0.15) is 24.6 Å². The smallest absolute Gasteiger partial charge is 0.313 e. The number of rotatable bonds is 5. The fraction of sp³-hybridized carbons (Fsp3) is 0.263. The number of thioether (sulfide) groups is 1. The number of amides is 1. The zero-order valence-corrected chi connectivity index (χ0v) is 16.1. The molecule has 0 radical (unpaired) electrons. The largest absolute Gasteiger partial charge is 0.378 e. The molecular formula is C19H18F2N4O2S. The first kappa shape index (κ1) is 19.9. The van der Waals surface area contributed by atoms with Crippen LogP contribution in [0.5, 0.6) is 0 Å². The van der Waals surface area contributed by atoms with E-state index >= 15 is 0 Å². The molecule has 0 spiro atoms. The van der Waals surface area contributed by atoms with E-state index in [2.05, 4.69) is 10.2 Å². The van der Waals surface area contributed by atoms with Crippen LogP contribution in [-0.2, 0) is 4.79 Å². The van der Waals surface area contributed by atoms with Crippen molar-refractivity contribution in [1.82, 2.24) is 19.7 Å². The Bertz CT molecular complexity index is 954. The molecule has 2 aromatic rings. The van der Waals surface area contributed by atoms with Gasteiger partial charge >= 0.3 is 11.2 Å². The van der Waals surface area contributed by atoms with Crippen LogP contribution in [0, 0.1) is 0 Å². The van der Waals surface area contributed by atoms with E-state index in [9.17, 15) is 18.4 Å². The molecule has 3 rings (SSSR count). The number of nitrogens with zero attached hydrogens (tertiary/aromatic N) is 4. The summed E-state index contributed by atoms with van der Waals surface area (Å²) >= 11 is -0.0845. The molecule has 6 nitrogen and oxygen atoms in total. The Labute approximate surface area is 164 Å². The van der Waals surface area contributed by atoms with Crippen LogP contribution in [0.4, 0.5) is 8.78 Å². The van der Waals surface area contributed by atoms with Gasteiger partial charge in [-0.25, -0.2) is 4.57 Å². The summed E-state index contributed by atoms with van der Waals surface area (Å²) in [4.78, 5) is 25.4. The number of alkyl halides is 2. The third-order valence-electron chi connectivity index (χ3n) is 4.18. The van der Waals surface area contributed by atoms with Gasteiger partial charge in [-0.1, -0.05) is 42.5 Å². The molecule has 1 aromatic heterocycles. The van der Waals surface area contributed by atoms with Crippen LogP contribution >= 0.6 is 11.8 Å². The van der Waals surface area contributed by atoms with Crippen LogP contribution in [-0.4, -0.2) is 43.8 Å². The number of hydrogen-bond donors (Lipinski definition) is 0. The van der Waals surface area contributed by atoms with Crippen molar-refractivity contribution < 1.29 is 18.4 Å². The third kappa shape index (κ3) is 4.04. The molecule has 1 aliphatic rings. The van der Waals surface area contributed by atoms with Gasteiger partial charge in [0.25, 0.3) is 0 Å². The van der Waals surface area contributed by atoms with E-state index in [1.807, 2.05) is 6.08 Å². The Hall–Kier alpha value is -2.81. The highest BCUT2D eigenvalue weighted by atomic mass is 32.2. The van der Waals surface area contributed by atoms with Gasteiger partial charge in [0.05, 0.1) is 0 Å². The second kappa shape index (κ2) is 8.05. The molecule has 1 amide bonds. The molecule has 0 bridgehead atoms. The minimum atomic E-state index is -3.81. The van der Waals surface area contributed by atoms with Gasteiger partial charge in [0.2, 0.25) is 11.1 Å². The summed E-state index contributed by atoms with van der Waals surface area (Å²) in [5.41, 5.74) is 1.06. The van der Waals surface area contributed by atoms with Gasteiger partial charge in [0, 0.05) is 25.2 Å². The molecule has 0 N–H and O–H groups in total. The summed E-state index contributed by atoms with van der Waals surface area (Å²) in [6, 6.07) is 8.64. The summed E-state index contributed by atoms with van der Waals surface area (Å²) in [7, 11) is 1.31. The van der Waals surface area contributed by atoms with E-state index in [0.717, 1.165) is 9.47 Å². The average Bonchev–Trinajstić information content (AvgIpc) is 3.11. The number of halogens is 2. The monoisotopic (exact) mass is 404 g/mol. The lowest BCUT2D eigenvalue weighted by Gasteiger charge is -2.25. The van der Waals surface area contributed by atoms with E-state index in [1.165, 1.54) is 14.0 Å². The Balaban J connectivity index is 1.89. The van der Waals surface area contributed by atoms with E-state index in [1.54, 1.807) is 42.5 Å². The van der Waals surface area contributed by atoms with Crippen molar-refractivity contribution in [2.75, 3.05) is 7.05 Å². The fourth-order valence-corrected chi connectivity index (χ4v) is 3.59. The first-order valence-corrected chi connectivity index (χ1v) is 9.35. The van der Waals surface area contributed by atoms with Crippen molar-refractivity contribution >= 4 is 23.6 Å². The summed E-state index contributed by atoms with van der Waals surface area (Å²) < 4.78 is 30.4. The number of benzene rings is 1. The number of hydrogen-bond acceptors (Lipinski definition) is 5. The predicted molar refractivity (Wildman–Crippen MR) is 102 cm³/mol. The maximum absolute atomic E-state index is 14.7. The van der Waals surface area contributed by atoms with Gasteiger partial charge in [-0.2, -0.15) is 8.78 Å². The zero-order chi connectivity index (χ0) is 20.3. The predicted octanol–water partition coefficient (Wildman–Crippen LogP) is 3.98. The summed E-state index contributed by atoms with van der Waals surface area (Å²) in [5, 5.41) is 3.46. The van der Waals surface area contributed by atoms with Crippen molar-refractivity contribution in [3.63, 3.8) is 0 Å². The minimum absolute atomic E-state index is 0.0845. The van der Waals surface area contributed by atoms with Gasteiger partial charge in [0.15, 0.2) is 5.82 Å². The van der Waals surface area contributed by atoms with Crippen molar-refractivity contribution in [1.29, 1.82) is 0 Å².